The number of nitrogens with one attached hydrogen (secondary N) is 1. The lowest BCUT2D eigenvalue weighted by molar-refractivity contribution is -0.119. The number of carbonyl (C=O) groups excluding carboxylic acids is 2. The number of aromatic hydroxyl groups is 1. The molecule has 2 rings (SSSR count). The van der Waals surface area contributed by atoms with Crippen molar-refractivity contribution in [2.45, 2.75) is 26.0 Å². The zero-order chi connectivity index (χ0) is 17.5. The van der Waals surface area contributed by atoms with Crippen molar-refractivity contribution in [2.75, 3.05) is 0 Å². The monoisotopic (exact) mass is 328 g/mol. The minimum absolute atomic E-state index is 0.108. The molecule has 6 nitrogen and oxygen atoms in total. The number of hydrogen-bond donors (Lipinski definition) is 3. The molecule has 0 bridgehead atoms. The maximum Gasteiger partial charge on any atom is 0.408 e. The molecule has 2 amide bonds. The van der Waals surface area contributed by atoms with Gasteiger partial charge in [-0.3, -0.25) is 4.79 Å². The van der Waals surface area contributed by atoms with Crippen LogP contribution in [0.25, 0.3) is 0 Å². The summed E-state index contributed by atoms with van der Waals surface area (Å²) < 4.78 is 5.10. The molecule has 6 heteroatoms. The van der Waals surface area contributed by atoms with Gasteiger partial charge in [0, 0.05) is 6.42 Å². The molecule has 0 fully saturated rings. The van der Waals surface area contributed by atoms with E-state index in [1.807, 2.05) is 30.3 Å². The van der Waals surface area contributed by atoms with E-state index >= 15 is 0 Å². The Morgan fingerprint density at radius 3 is 2.54 bits per heavy atom. The number of amides is 2. The molecule has 24 heavy (non-hydrogen) atoms. The van der Waals surface area contributed by atoms with Gasteiger partial charge in [0.1, 0.15) is 18.4 Å². The predicted molar refractivity (Wildman–Crippen MR) is 89.3 cm³/mol. The highest BCUT2D eigenvalue weighted by molar-refractivity contribution is 5.84. The Hall–Kier alpha value is -3.02. The Kier molecular flexibility index (Phi) is 5.78. The van der Waals surface area contributed by atoms with Gasteiger partial charge in [-0.2, -0.15) is 0 Å². The van der Waals surface area contributed by atoms with Crippen molar-refractivity contribution in [3.8, 4) is 5.75 Å². The molecule has 0 aliphatic carbocycles. The number of alkyl carbamates (subject to hydrolysis) is 1. The van der Waals surface area contributed by atoms with E-state index in [2.05, 4.69) is 5.32 Å². The quantitative estimate of drug-likeness (QED) is 0.755. The molecule has 2 aromatic carbocycles. The average molecular weight is 328 g/mol. The van der Waals surface area contributed by atoms with E-state index in [1.54, 1.807) is 19.1 Å². The summed E-state index contributed by atoms with van der Waals surface area (Å²) in [5, 5.41) is 11.9. The Morgan fingerprint density at radius 1 is 1.21 bits per heavy atom. The number of phenols is 1. The van der Waals surface area contributed by atoms with Crippen LogP contribution in [0.4, 0.5) is 4.79 Å². The lowest BCUT2D eigenvalue weighted by Crippen LogP contribution is -2.46. The molecule has 0 saturated carbocycles. The first kappa shape index (κ1) is 17.3. The summed E-state index contributed by atoms with van der Waals surface area (Å²) >= 11 is 0. The summed E-state index contributed by atoms with van der Waals surface area (Å²) in [5.74, 6) is -0.513. The first-order valence-electron chi connectivity index (χ1n) is 7.50. The van der Waals surface area contributed by atoms with Crippen LogP contribution in [0, 0.1) is 6.92 Å². The van der Waals surface area contributed by atoms with E-state index < -0.39 is 18.0 Å². The Labute approximate surface area is 140 Å². The third kappa shape index (κ3) is 5.01. The van der Waals surface area contributed by atoms with Gasteiger partial charge in [-0.05, 0) is 35.7 Å². The molecule has 0 aliphatic rings. The third-order valence-corrected chi connectivity index (χ3v) is 3.60. The van der Waals surface area contributed by atoms with Crippen LogP contribution in [0.15, 0.2) is 48.5 Å². The topological polar surface area (TPSA) is 102 Å². The van der Waals surface area contributed by atoms with Gasteiger partial charge in [0.15, 0.2) is 0 Å². The zero-order valence-corrected chi connectivity index (χ0v) is 13.4. The molecule has 0 aromatic heterocycles. The normalized spacial score (nSPS) is 11.5. The van der Waals surface area contributed by atoms with Crippen LogP contribution in [0.5, 0.6) is 5.75 Å². The van der Waals surface area contributed by atoms with Gasteiger partial charge in [-0.15, -0.1) is 0 Å². The molecular formula is C18H20N2O4. The summed E-state index contributed by atoms with van der Waals surface area (Å²) in [6.45, 7) is 1.91. The molecule has 2 aromatic rings. The van der Waals surface area contributed by atoms with Gasteiger partial charge in [0.2, 0.25) is 5.91 Å². The second kappa shape index (κ2) is 8.01. The summed E-state index contributed by atoms with van der Waals surface area (Å²) in [6.07, 6.45) is -0.485. The molecule has 126 valence electrons. The van der Waals surface area contributed by atoms with Crippen molar-refractivity contribution < 1.29 is 19.4 Å². The standard InChI is InChI=1S/C18H20N2O4/c1-12-9-15(21)8-7-14(12)10-16(17(19)22)20-18(23)24-11-13-5-3-2-4-6-13/h2-9,16,21H,10-11H2,1H3,(H2,19,22)(H,20,23)/t16-/m0/s1. The first-order chi connectivity index (χ1) is 11.5. The highest BCUT2D eigenvalue weighted by atomic mass is 16.5. The third-order valence-electron chi connectivity index (χ3n) is 3.60. The van der Waals surface area contributed by atoms with Crippen LogP contribution in [-0.2, 0) is 22.6 Å². The molecule has 0 saturated heterocycles. The van der Waals surface area contributed by atoms with Crippen LogP contribution in [0.3, 0.4) is 0 Å². The summed E-state index contributed by atoms with van der Waals surface area (Å²) in [7, 11) is 0. The van der Waals surface area contributed by atoms with Crippen molar-refractivity contribution in [1.29, 1.82) is 0 Å². The van der Waals surface area contributed by atoms with Crippen molar-refractivity contribution in [3.05, 3.63) is 65.2 Å². The van der Waals surface area contributed by atoms with Gasteiger partial charge in [0.25, 0.3) is 0 Å². The molecular weight excluding hydrogens is 308 g/mol. The van der Waals surface area contributed by atoms with Gasteiger partial charge < -0.3 is 20.9 Å². The Morgan fingerprint density at radius 2 is 1.92 bits per heavy atom. The lowest BCUT2D eigenvalue weighted by atomic mass is 10.0. The maximum atomic E-state index is 11.9. The van der Waals surface area contributed by atoms with Crippen molar-refractivity contribution in [3.63, 3.8) is 0 Å². The lowest BCUT2D eigenvalue weighted by Gasteiger charge is -2.17. The molecule has 0 radical (unpaired) electrons. The van der Waals surface area contributed by atoms with E-state index in [9.17, 15) is 14.7 Å². The fraction of sp³-hybridized carbons (Fsp3) is 0.222. The van der Waals surface area contributed by atoms with Gasteiger partial charge in [0.05, 0.1) is 0 Å². The Balaban J connectivity index is 1.95. The van der Waals surface area contributed by atoms with Crippen molar-refractivity contribution in [2.24, 2.45) is 5.73 Å². The van der Waals surface area contributed by atoms with Crippen molar-refractivity contribution in [1.82, 2.24) is 5.32 Å². The molecule has 4 N–H and O–H groups in total. The number of aryl methyl sites for hydroxylation is 1. The molecule has 0 aliphatic heterocycles. The number of primary amides is 1. The highest BCUT2D eigenvalue weighted by Crippen LogP contribution is 2.17. The van der Waals surface area contributed by atoms with Crippen LogP contribution < -0.4 is 11.1 Å². The number of hydrogen-bond acceptors (Lipinski definition) is 4. The Bertz CT molecular complexity index is 716. The van der Waals surface area contributed by atoms with E-state index in [0.717, 1.165) is 16.7 Å². The number of rotatable bonds is 6. The van der Waals surface area contributed by atoms with Crippen LogP contribution in [0.2, 0.25) is 0 Å². The second-order valence-electron chi connectivity index (χ2n) is 5.48. The minimum Gasteiger partial charge on any atom is -0.508 e. The molecule has 0 heterocycles. The fourth-order valence-corrected chi connectivity index (χ4v) is 2.26. The smallest absolute Gasteiger partial charge is 0.408 e. The number of carbonyl (C=O) groups is 2. The zero-order valence-electron chi connectivity index (χ0n) is 13.4. The van der Waals surface area contributed by atoms with Crippen LogP contribution in [-0.4, -0.2) is 23.1 Å². The fourth-order valence-electron chi connectivity index (χ4n) is 2.26. The highest BCUT2D eigenvalue weighted by Gasteiger charge is 2.20. The van der Waals surface area contributed by atoms with E-state index in [-0.39, 0.29) is 18.8 Å². The van der Waals surface area contributed by atoms with E-state index in [4.69, 9.17) is 10.5 Å². The number of nitrogens with two attached hydrogens (primary N) is 1. The second-order valence-corrected chi connectivity index (χ2v) is 5.48. The van der Waals surface area contributed by atoms with Crippen molar-refractivity contribution >= 4 is 12.0 Å². The van der Waals surface area contributed by atoms with Gasteiger partial charge in [-0.1, -0.05) is 36.4 Å². The molecule has 0 unspecified atom stereocenters. The first-order valence-corrected chi connectivity index (χ1v) is 7.50. The van der Waals surface area contributed by atoms with E-state index in [1.165, 1.54) is 6.07 Å². The summed E-state index contributed by atoms with van der Waals surface area (Å²) in [6, 6.07) is 13.1. The maximum absolute atomic E-state index is 11.9. The van der Waals surface area contributed by atoms with Crippen LogP contribution in [0.1, 0.15) is 16.7 Å². The average Bonchev–Trinajstić information content (AvgIpc) is 2.55. The number of benzene rings is 2. The number of ether oxygens (including phenoxy) is 1. The SMILES string of the molecule is Cc1cc(O)ccc1C[C@H](NC(=O)OCc1ccccc1)C(N)=O. The predicted octanol–water partition coefficient (Wildman–Crippen LogP) is 2.02. The minimum atomic E-state index is -0.892. The number of phenolic OH excluding ortho intramolecular Hbond substituents is 1. The van der Waals surface area contributed by atoms with Crippen LogP contribution >= 0.6 is 0 Å². The van der Waals surface area contributed by atoms with Gasteiger partial charge >= 0.3 is 6.09 Å². The summed E-state index contributed by atoms with van der Waals surface area (Å²) in [5.41, 5.74) is 7.82. The largest absolute Gasteiger partial charge is 0.508 e. The molecule has 1 atom stereocenters. The summed E-state index contributed by atoms with van der Waals surface area (Å²) in [4.78, 5) is 23.5. The molecule has 0 spiro atoms. The van der Waals surface area contributed by atoms with Gasteiger partial charge in [-0.25, -0.2) is 4.79 Å². The van der Waals surface area contributed by atoms with E-state index in [0.29, 0.717) is 0 Å².